The van der Waals surface area contributed by atoms with Crippen LogP contribution in [0.15, 0.2) is 30.9 Å². The van der Waals surface area contributed by atoms with E-state index in [1.54, 1.807) is 34.7 Å². The van der Waals surface area contributed by atoms with Gasteiger partial charge in [0.05, 0.1) is 5.56 Å². The molecule has 0 spiro atoms. The van der Waals surface area contributed by atoms with Gasteiger partial charge in [-0.25, -0.2) is 0 Å². The molecule has 0 aliphatic heterocycles. The van der Waals surface area contributed by atoms with Crippen LogP contribution in [0.25, 0.3) is 0 Å². The van der Waals surface area contributed by atoms with Crippen molar-refractivity contribution in [3.05, 3.63) is 45.6 Å². The Bertz CT molecular complexity index is 369. The zero-order valence-electron chi connectivity index (χ0n) is 8.11. The van der Waals surface area contributed by atoms with E-state index < -0.39 is 11.7 Å². The topological polar surface area (TPSA) is 0 Å². The number of rotatable bonds is 2. The van der Waals surface area contributed by atoms with Gasteiger partial charge in [-0.2, -0.15) is 13.2 Å². The minimum atomic E-state index is -4.28. The van der Waals surface area contributed by atoms with Crippen LogP contribution in [0, 0.1) is 3.57 Å². The number of hydrogen-bond acceptors (Lipinski definition) is 0. The van der Waals surface area contributed by atoms with Gasteiger partial charge in [-0.15, -0.1) is 6.58 Å². The van der Waals surface area contributed by atoms with E-state index in [1.165, 1.54) is 12.1 Å². The Morgan fingerprint density at radius 3 is 2.47 bits per heavy atom. The van der Waals surface area contributed by atoms with Crippen LogP contribution in [0.1, 0.15) is 24.0 Å². The lowest BCUT2D eigenvalue weighted by molar-refractivity contribution is -0.138. The maximum Gasteiger partial charge on any atom is 0.417 e. The molecule has 0 aliphatic rings. The van der Waals surface area contributed by atoms with E-state index >= 15 is 0 Å². The standard InChI is InChI=1S/C11H10F3I/c1-3-7(2)8-4-5-10(15)9(6-8)11(12,13)14/h3-7H,1H2,2H3. The van der Waals surface area contributed by atoms with E-state index in [1.807, 2.05) is 6.92 Å². The fourth-order valence-electron chi connectivity index (χ4n) is 1.18. The lowest BCUT2D eigenvalue weighted by Crippen LogP contribution is -2.08. The first-order valence-electron chi connectivity index (χ1n) is 4.35. The summed E-state index contributed by atoms with van der Waals surface area (Å²) in [5.74, 6) is -0.0666. The van der Waals surface area contributed by atoms with Crippen LogP contribution < -0.4 is 0 Å². The van der Waals surface area contributed by atoms with Crippen LogP contribution in [-0.2, 0) is 6.18 Å². The molecular formula is C11H10F3I. The predicted octanol–water partition coefficient (Wildman–Crippen LogP) is 4.60. The third kappa shape index (κ3) is 2.96. The highest BCUT2D eigenvalue weighted by Crippen LogP contribution is 2.34. The molecule has 1 unspecified atom stereocenters. The molecule has 0 radical (unpaired) electrons. The van der Waals surface area contributed by atoms with E-state index in [9.17, 15) is 13.2 Å². The van der Waals surface area contributed by atoms with Gasteiger partial charge in [0.2, 0.25) is 0 Å². The van der Waals surface area contributed by atoms with Gasteiger partial charge < -0.3 is 0 Å². The summed E-state index contributed by atoms with van der Waals surface area (Å²) in [5.41, 5.74) is 0.0621. The summed E-state index contributed by atoms with van der Waals surface area (Å²) >= 11 is 1.69. The maximum atomic E-state index is 12.6. The molecule has 1 atom stereocenters. The van der Waals surface area contributed by atoms with E-state index in [2.05, 4.69) is 6.58 Å². The van der Waals surface area contributed by atoms with E-state index in [4.69, 9.17) is 0 Å². The lowest BCUT2D eigenvalue weighted by atomic mass is 9.99. The predicted molar refractivity (Wildman–Crippen MR) is 62.8 cm³/mol. The number of benzene rings is 1. The third-order valence-electron chi connectivity index (χ3n) is 2.18. The highest BCUT2D eigenvalue weighted by Gasteiger charge is 2.33. The maximum absolute atomic E-state index is 12.6. The average molecular weight is 326 g/mol. The van der Waals surface area contributed by atoms with Crippen LogP contribution in [0.5, 0.6) is 0 Å². The molecule has 1 aromatic carbocycles. The number of halogens is 4. The second-order valence-corrected chi connectivity index (χ2v) is 4.42. The number of hydrogen-bond donors (Lipinski definition) is 0. The van der Waals surface area contributed by atoms with Crippen molar-refractivity contribution in [3.63, 3.8) is 0 Å². The summed E-state index contributed by atoms with van der Waals surface area (Å²) in [4.78, 5) is 0. The van der Waals surface area contributed by atoms with Crippen molar-refractivity contribution in [3.8, 4) is 0 Å². The van der Waals surface area contributed by atoms with Crippen molar-refractivity contribution >= 4 is 22.6 Å². The van der Waals surface area contributed by atoms with Crippen LogP contribution in [0.4, 0.5) is 13.2 Å². The van der Waals surface area contributed by atoms with Gasteiger partial charge in [-0.3, -0.25) is 0 Å². The first-order chi connectivity index (χ1) is 6.86. The molecule has 0 heterocycles. The van der Waals surface area contributed by atoms with Crippen LogP contribution in [0.2, 0.25) is 0 Å². The van der Waals surface area contributed by atoms with Gasteiger partial charge in [-0.1, -0.05) is 19.1 Å². The Kier molecular flexibility index (Phi) is 3.81. The van der Waals surface area contributed by atoms with E-state index in [0.29, 0.717) is 5.56 Å². The highest BCUT2D eigenvalue weighted by molar-refractivity contribution is 14.1. The summed E-state index contributed by atoms with van der Waals surface area (Å²) in [7, 11) is 0. The Morgan fingerprint density at radius 2 is 2.00 bits per heavy atom. The first kappa shape index (κ1) is 12.5. The summed E-state index contributed by atoms with van der Waals surface area (Å²) in [6, 6.07) is 4.37. The fourth-order valence-corrected chi connectivity index (χ4v) is 1.82. The third-order valence-corrected chi connectivity index (χ3v) is 3.12. The van der Waals surface area contributed by atoms with Crippen molar-refractivity contribution in [2.45, 2.75) is 19.0 Å². The quantitative estimate of drug-likeness (QED) is 0.550. The Balaban J connectivity index is 3.22. The van der Waals surface area contributed by atoms with Crippen molar-refractivity contribution in [2.75, 3.05) is 0 Å². The van der Waals surface area contributed by atoms with Crippen LogP contribution in [0.3, 0.4) is 0 Å². The lowest BCUT2D eigenvalue weighted by Gasteiger charge is -2.13. The summed E-state index contributed by atoms with van der Waals surface area (Å²) in [5, 5.41) is 0. The monoisotopic (exact) mass is 326 g/mol. The Morgan fingerprint density at radius 1 is 1.40 bits per heavy atom. The minimum Gasteiger partial charge on any atom is -0.166 e. The molecule has 0 saturated heterocycles. The van der Waals surface area contributed by atoms with Crippen molar-refractivity contribution < 1.29 is 13.2 Å². The van der Waals surface area contributed by atoms with E-state index in [0.717, 1.165) is 0 Å². The van der Waals surface area contributed by atoms with Crippen molar-refractivity contribution in [1.29, 1.82) is 0 Å². The second-order valence-electron chi connectivity index (χ2n) is 3.26. The molecule has 15 heavy (non-hydrogen) atoms. The largest absolute Gasteiger partial charge is 0.417 e. The zero-order chi connectivity index (χ0) is 11.6. The van der Waals surface area contributed by atoms with Crippen molar-refractivity contribution in [2.24, 2.45) is 0 Å². The zero-order valence-corrected chi connectivity index (χ0v) is 10.3. The SMILES string of the molecule is C=CC(C)c1ccc(I)c(C(F)(F)F)c1. The van der Waals surface area contributed by atoms with Gasteiger partial charge in [-0.05, 0) is 46.2 Å². The molecule has 0 aromatic heterocycles. The summed E-state index contributed by atoms with van der Waals surface area (Å²) < 4.78 is 37.9. The Labute approximate surface area is 100 Å². The normalized spacial score (nSPS) is 13.7. The molecule has 0 N–H and O–H groups in total. The molecule has 0 bridgehead atoms. The van der Waals surface area contributed by atoms with E-state index in [-0.39, 0.29) is 9.49 Å². The minimum absolute atomic E-state index is 0.0666. The molecular weight excluding hydrogens is 316 g/mol. The van der Waals surface area contributed by atoms with Crippen LogP contribution in [-0.4, -0.2) is 0 Å². The molecule has 82 valence electrons. The Hall–Kier alpha value is -0.520. The van der Waals surface area contributed by atoms with Gasteiger partial charge in [0, 0.05) is 3.57 Å². The van der Waals surface area contributed by atoms with Gasteiger partial charge in [0.15, 0.2) is 0 Å². The van der Waals surface area contributed by atoms with Crippen LogP contribution >= 0.6 is 22.6 Å². The molecule has 4 heteroatoms. The first-order valence-corrected chi connectivity index (χ1v) is 5.43. The van der Waals surface area contributed by atoms with Crippen molar-refractivity contribution in [1.82, 2.24) is 0 Å². The second kappa shape index (κ2) is 4.55. The summed E-state index contributed by atoms with van der Waals surface area (Å²) in [6.07, 6.45) is -2.66. The number of alkyl halides is 3. The fraction of sp³-hybridized carbons (Fsp3) is 0.273. The molecule has 0 amide bonds. The molecule has 0 aliphatic carbocycles. The molecule has 0 saturated carbocycles. The number of allylic oxidation sites excluding steroid dienone is 1. The van der Waals surface area contributed by atoms with Gasteiger partial charge >= 0.3 is 6.18 Å². The smallest absolute Gasteiger partial charge is 0.166 e. The van der Waals surface area contributed by atoms with Gasteiger partial charge in [0.25, 0.3) is 0 Å². The molecule has 1 rings (SSSR count). The highest BCUT2D eigenvalue weighted by atomic mass is 127. The summed E-state index contributed by atoms with van der Waals surface area (Å²) in [6.45, 7) is 5.38. The molecule has 1 aromatic rings. The van der Waals surface area contributed by atoms with Gasteiger partial charge in [0.1, 0.15) is 0 Å². The molecule has 0 nitrogen and oxygen atoms in total. The average Bonchev–Trinajstić information content (AvgIpc) is 2.15. The molecule has 0 fully saturated rings.